The maximum absolute atomic E-state index is 12.0. The molecule has 0 radical (unpaired) electrons. The Bertz CT molecular complexity index is 304. The molecule has 110 valence electrons. The van der Waals surface area contributed by atoms with Crippen LogP contribution in [0.3, 0.4) is 0 Å². The van der Waals surface area contributed by atoms with Crippen molar-refractivity contribution in [3.05, 3.63) is 0 Å². The highest BCUT2D eigenvalue weighted by molar-refractivity contribution is 5.75. The Morgan fingerprint density at radius 2 is 1.68 bits per heavy atom. The first-order chi connectivity index (χ1) is 9.12. The Balaban J connectivity index is 2.09. The molecule has 2 unspecified atom stereocenters. The third kappa shape index (κ3) is 2.98. The molecule has 2 fully saturated rings. The van der Waals surface area contributed by atoms with Crippen LogP contribution in [-0.2, 0) is 4.79 Å². The van der Waals surface area contributed by atoms with Crippen molar-refractivity contribution in [2.75, 3.05) is 0 Å². The zero-order chi connectivity index (χ0) is 13.9. The van der Waals surface area contributed by atoms with E-state index in [1.165, 1.54) is 25.7 Å². The number of rotatable bonds is 4. The topological polar surface area (TPSA) is 37.3 Å². The molecule has 0 saturated heterocycles. The SMILES string of the molecule is CCC1CCC(C2(C(=O)O)CCCC(CC)C2)CC1. The van der Waals surface area contributed by atoms with Crippen LogP contribution < -0.4 is 0 Å². The van der Waals surface area contributed by atoms with Gasteiger partial charge in [-0.3, -0.25) is 4.79 Å². The molecule has 1 N–H and O–H groups in total. The number of hydrogen-bond acceptors (Lipinski definition) is 1. The van der Waals surface area contributed by atoms with Gasteiger partial charge in [0.15, 0.2) is 0 Å². The second-order valence-electron chi connectivity index (χ2n) is 6.96. The normalized spacial score (nSPS) is 40.0. The summed E-state index contributed by atoms with van der Waals surface area (Å²) in [6.07, 6.45) is 11.5. The van der Waals surface area contributed by atoms with E-state index in [2.05, 4.69) is 13.8 Å². The molecule has 2 heteroatoms. The van der Waals surface area contributed by atoms with E-state index in [9.17, 15) is 9.90 Å². The van der Waals surface area contributed by atoms with Gasteiger partial charge in [-0.05, 0) is 43.4 Å². The van der Waals surface area contributed by atoms with Crippen molar-refractivity contribution < 1.29 is 9.90 Å². The van der Waals surface area contributed by atoms with Crippen LogP contribution >= 0.6 is 0 Å². The molecular weight excluding hydrogens is 236 g/mol. The van der Waals surface area contributed by atoms with Crippen molar-refractivity contribution >= 4 is 5.97 Å². The van der Waals surface area contributed by atoms with E-state index in [1.54, 1.807) is 0 Å². The summed E-state index contributed by atoms with van der Waals surface area (Å²) >= 11 is 0. The van der Waals surface area contributed by atoms with Gasteiger partial charge < -0.3 is 5.11 Å². The fourth-order valence-electron chi connectivity index (χ4n) is 4.64. The summed E-state index contributed by atoms with van der Waals surface area (Å²) in [5.41, 5.74) is -0.377. The highest BCUT2D eigenvalue weighted by Crippen LogP contribution is 2.51. The molecule has 2 aliphatic rings. The van der Waals surface area contributed by atoms with E-state index in [0.717, 1.165) is 44.4 Å². The van der Waals surface area contributed by atoms with Gasteiger partial charge in [-0.1, -0.05) is 52.4 Å². The van der Waals surface area contributed by atoms with E-state index < -0.39 is 5.97 Å². The van der Waals surface area contributed by atoms with Gasteiger partial charge in [-0.2, -0.15) is 0 Å². The van der Waals surface area contributed by atoms with Crippen molar-refractivity contribution in [2.24, 2.45) is 23.2 Å². The molecule has 0 aromatic carbocycles. The molecular formula is C17H30O2. The number of aliphatic carboxylic acids is 1. The van der Waals surface area contributed by atoms with E-state index in [-0.39, 0.29) is 5.41 Å². The minimum absolute atomic E-state index is 0.377. The molecule has 2 atom stereocenters. The lowest BCUT2D eigenvalue weighted by Gasteiger charge is -2.45. The van der Waals surface area contributed by atoms with Crippen LogP contribution in [-0.4, -0.2) is 11.1 Å². The van der Waals surface area contributed by atoms with Gasteiger partial charge in [-0.15, -0.1) is 0 Å². The van der Waals surface area contributed by atoms with Gasteiger partial charge in [0.05, 0.1) is 5.41 Å². The number of carbonyl (C=O) groups is 1. The number of carboxylic acid groups (broad SMARTS) is 1. The summed E-state index contributed by atoms with van der Waals surface area (Å²) < 4.78 is 0. The second-order valence-corrected chi connectivity index (χ2v) is 6.96. The van der Waals surface area contributed by atoms with Crippen molar-refractivity contribution in [3.8, 4) is 0 Å². The lowest BCUT2D eigenvalue weighted by atomic mass is 9.58. The van der Waals surface area contributed by atoms with Crippen LogP contribution in [0, 0.1) is 23.2 Å². The average Bonchev–Trinajstić information content (AvgIpc) is 2.47. The fourth-order valence-corrected chi connectivity index (χ4v) is 4.64. The standard InChI is InChI=1S/C17H30O2/c1-3-13-7-9-15(10-8-13)17(16(18)19)11-5-6-14(4-2)12-17/h13-15H,3-12H2,1-2H3,(H,18,19). The molecule has 19 heavy (non-hydrogen) atoms. The zero-order valence-electron chi connectivity index (χ0n) is 12.7. The van der Waals surface area contributed by atoms with Crippen LogP contribution in [0.15, 0.2) is 0 Å². The molecule has 0 bridgehead atoms. The molecule has 0 spiro atoms. The number of hydrogen-bond donors (Lipinski definition) is 1. The van der Waals surface area contributed by atoms with E-state index in [1.807, 2.05) is 0 Å². The highest BCUT2D eigenvalue weighted by atomic mass is 16.4. The van der Waals surface area contributed by atoms with E-state index >= 15 is 0 Å². The maximum atomic E-state index is 12.0. The number of carboxylic acids is 1. The van der Waals surface area contributed by atoms with Crippen LogP contribution in [0.4, 0.5) is 0 Å². The van der Waals surface area contributed by atoms with Gasteiger partial charge >= 0.3 is 5.97 Å². The van der Waals surface area contributed by atoms with Crippen molar-refractivity contribution in [2.45, 2.75) is 78.1 Å². The monoisotopic (exact) mass is 266 g/mol. The predicted octanol–water partition coefficient (Wildman–Crippen LogP) is 4.87. The average molecular weight is 266 g/mol. The molecule has 0 heterocycles. The lowest BCUT2D eigenvalue weighted by molar-refractivity contribution is -0.158. The smallest absolute Gasteiger partial charge is 0.309 e. The Morgan fingerprint density at radius 3 is 2.21 bits per heavy atom. The van der Waals surface area contributed by atoms with Gasteiger partial charge in [0.25, 0.3) is 0 Å². The molecule has 2 nitrogen and oxygen atoms in total. The van der Waals surface area contributed by atoms with Crippen LogP contribution in [0.25, 0.3) is 0 Å². The minimum Gasteiger partial charge on any atom is -0.481 e. The first kappa shape index (κ1) is 14.9. The van der Waals surface area contributed by atoms with Crippen LogP contribution in [0.1, 0.15) is 78.1 Å². The van der Waals surface area contributed by atoms with Gasteiger partial charge in [0.1, 0.15) is 0 Å². The third-order valence-corrected chi connectivity index (χ3v) is 6.10. The molecule has 0 amide bonds. The first-order valence-corrected chi connectivity index (χ1v) is 8.35. The van der Waals surface area contributed by atoms with Gasteiger partial charge in [0.2, 0.25) is 0 Å². The lowest BCUT2D eigenvalue weighted by Crippen LogP contribution is -2.44. The molecule has 0 aromatic rings. The van der Waals surface area contributed by atoms with Gasteiger partial charge in [-0.25, -0.2) is 0 Å². The molecule has 2 aliphatic carbocycles. The van der Waals surface area contributed by atoms with Crippen molar-refractivity contribution in [1.29, 1.82) is 0 Å². The summed E-state index contributed by atoms with van der Waals surface area (Å²) in [6.45, 7) is 4.49. The Kier molecular flexibility index (Phi) is 4.92. The van der Waals surface area contributed by atoms with Crippen molar-refractivity contribution in [1.82, 2.24) is 0 Å². The maximum Gasteiger partial charge on any atom is 0.309 e. The Labute approximate surface area is 118 Å². The molecule has 2 rings (SSSR count). The zero-order valence-corrected chi connectivity index (χ0v) is 12.7. The summed E-state index contributed by atoms with van der Waals surface area (Å²) in [7, 11) is 0. The van der Waals surface area contributed by atoms with Gasteiger partial charge in [0, 0.05) is 0 Å². The Morgan fingerprint density at radius 1 is 1.05 bits per heavy atom. The second kappa shape index (κ2) is 6.28. The Hall–Kier alpha value is -0.530. The highest BCUT2D eigenvalue weighted by Gasteiger charge is 2.48. The van der Waals surface area contributed by atoms with E-state index in [0.29, 0.717) is 11.8 Å². The van der Waals surface area contributed by atoms with Crippen LogP contribution in [0.5, 0.6) is 0 Å². The largest absolute Gasteiger partial charge is 0.481 e. The summed E-state index contributed by atoms with van der Waals surface area (Å²) in [5.74, 6) is 1.45. The third-order valence-electron chi connectivity index (χ3n) is 6.10. The quantitative estimate of drug-likeness (QED) is 0.788. The predicted molar refractivity (Wildman–Crippen MR) is 78.1 cm³/mol. The van der Waals surface area contributed by atoms with Crippen molar-refractivity contribution in [3.63, 3.8) is 0 Å². The van der Waals surface area contributed by atoms with E-state index in [4.69, 9.17) is 0 Å². The first-order valence-electron chi connectivity index (χ1n) is 8.35. The summed E-state index contributed by atoms with van der Waals surface area (Å²) in [6, 6.07) is 0. The molecule has 0 aliphatic heterocycles. The summed E-state index contributed by atoms with van der Waals surface area (Å²) in [5, 5.41) is 9.88. The fraction of sp³-hybridized carbons (Fsp3) is 0.941. The molecule has 0 aromatic heterocycles. The van der Waals surface area contributed by atoms with Crippen LogP contribution in [0.2, 0.25) is 0 Å². The minimum atomic E-state index is -0.495. The molecule has 2 saturated carbocycles. The summed E-state index contributed by atoms with van der Waals surface area (Å²) in [4.78, 5) is 12.0.